The van der Waals surface area contributed by atoms with E-state index < -0.39 is 29.2 Å². The van der Waals surface area contributed by atoms with Crippen molar-refractivity contribution < 1.29 is 26.3 Å². The lowest BCUT2D eigenvalue weighted by atomic mass is 10.1. The normalized spacial score (nSPS) is 12.0. The van der Waals surface area contributed by atoms with Crippen LogP contribution in [-0.2, 0) is 12.4 Å². The number of halogens is 6. The van der Waals surface area contributed by atoms with Gasteiger partial charge in [-0.05, 0) is 62.3 Å². The Labute approximate surface area is 157 Å². The summed E-state index contributed by atoms with van der Waals surface area (Å²) in [6, 6.07) is 4.99. The molecule has 0 bridgehead atoms. The number of anilines is 2. The van der Waals surface area contributed by atoms with Gasteiger partial charge in [0.05, 0.1) is 11.1 Å². The number of rotatable bonds is 2. The van der Waals surface area contributed by atoms with E-state index in [4.69, 9.17) is 12.2 Å². The van der Waals surface area contributed by atoms with Crippen LogP contribution in [-0.4, -0.2) is 5.11 Å². The largest absolute Gasteiger partial charge is 0.416 e. The summed E-state index contributed by atoms with van der Waals surface area (Å²) in [5, 5.41) is 5.12. The second kappa shape index (κ2) is 7.38. The lowest BCUT2D eigenvalue weighted by Crippen LogP contribution is -2.21. The molecule has 2 aromatic carbocycles. The molecule has 0 aliphatic carbocycles. The Morgan fingerprint density at radius 3 is 1.59 bits per heavy atom. The molecule has 0 fully saturated rings. The molecule has 2 rings (SSSR count). The zero-order valence-corrected chi connectivity index (χ0v) is 15.4. The molecule has 0 unspecified atom stereocenters. The summed E-state index contributed by atoms with van der Waals surface area (Å²) in [6.07, 6.45) is -9.84. The minimum absolute atomic E-state index is 0.0654. The molecular weight excluding hydrogens is 390 g/mol. The maximum atomic E-state index is 12.9. The number of benzene rings is 2. The van der Waals surface area contributed by atoms with Gasteiger partial charge in [0.2, 0.25) is 0 Å². The van der Waals surface area contributed by atoms with Gasteiger partial charge in [0.25, 0.3) is 0 Å². The maximum Gasteiger partial charge on any atom is 0.416 e. The SMILES string of the molecule is Cc1cc(C)c(NC(=S)Nc2cc(C(F)(F)F)cc(C(F)(F)F)c2)c(C)c1. The average molecular weight is 406 g/mol. The Morgan fingerprint density at radius 1 is 0.741 bits per heavy atom. The van der Waals surface area contributed by atoms with E-state index in [1.165, 1.54) is 0 Å². The van der Waals surface area contributed by atoms with Crippen molar-refractivity contribution in [2.75, 3.05) is 10.6 Å². The average Bonchev–Trinajstić information content (AvgIpc) is 2.48. The first kappa shape index (κ1) is 21.0. The van der Waals surface area contributed by atoms with E-state index >= 15 is 0 Å². The Balaban J connectivity index is 2.32. The zero-order chi connectivity index (χ0) is 20.6. The topological polar surface area (TPSA) is 24.1 Å². The third kappa shape index (κ3) is 5.35. The molecule has 2 N–H and O–H groups in total. The van der Waals surface area contributed by atoms with Crippen molar-refractivity contribution in [1.29, 1.82) is 0 Å². The molecule has 0 saturated heterocycles. The van der Waals surface area contributed by atoms with Crippen LogP contribution in [0.15, 0.2) is 30.3 Å². The maximum absolute atomic E-state index is 12.9. The van der Waals surface area contributed by atoms with Crippen LogP contribution in [0.2, 0.25) is 0 Å². The molecule has 0 amide bonds. The highest BCUT2D eigenvalue weighted by atomic mass is 32.1. The molecule has 0 radical (unpaired) electrons. The first-order valence-electron chi connectivity index (χ1n) is 7.72. The van der Waals surface area contributed by atoms with Crippen LogP contribution in [0.1, 0.15) is 27.8 Å². The molecule has 0 atom stereocenters. The van der Waals surface area contributed by atoms with E-state index in [-0.39, 0.29) is 11.2 Å². The number of thiocarbonyl (C=S) groups is 1. The van der Waals surface area contributed by atoms with Gasteiger partial charge < -0.3 is 10.6 Å². The number of aryl methyl sites for hydroxylation is 3. The van der Waals surface area contributed by atoms with Gasteiger partial charge in [0, 0.05) is 11.4 Å². The first-order chi connectivity index (χ1) is 12.3. The molecule has 0 spiro atoms. The molecule has 2 aromatic rings. The standard InChI is InChI=1S/C18H16F6N2S/c1-9-4-10(2)15(11(3)5-9)26-16(27)25-14-7-12(17(19,20)21)6-13(8-14)18(22,23)24/h4-8H,1-3H3,(H2,25,26,27). The molecule has 0 aliphatic heterocycles. The monoisotopic (exact) mass is 406 g/mol. The summed E-state index contributed by atoms with van der Waals surface area (Å²) in [6.45, 7) is 5.54. The minimum atomic E-state index is -4.92. The van der Waals surface area contributed by atoms with Crippen LogP contribution in [0.3, 0.4) is 0 Å². The summed E-state index contributed by atoms with van der Waals surface area (Å²) in [4.78, 5) is 0. The van der Waals surface area contributed by atoms with Crippen molar-refractivity contribution in [3.63, 3.8) is 0 Å². The molecule has 146 valence electrons. The molecule has 27 heavy (non-hydrogen) atoms. The van der Waals surface area contributed by atoms with Crippen LogP contribution in [0.4, 0.5) is 37.7 Å². The van der Waals surface area contributed by atoms with Crippen LogP contribution in [0.5, 0.6) is 0 Å². The molecule has 0 aliphatic rings. The molecule has 9 heteroatoms. The van der Waals surface area contributed by atoms with E-state index in [1.807, 2.05) is 32.9 Å². The molecule has 0 heterocycles. The van der Waals surface area contributed by atoms with Crippen molar-refractivity contribution in [1.82, 2.24) is 0 Å². The Bertz CT molecular complexity index is 816. The Morgan fingerprint density at radius 2 is 1.19 bits per heavy atom. The van der Waals surface area contributed by atoms with Gasteiger partial charge in [-0.25, -0.2) is 0 Å². The zero-order valence-electron chi connectivity index (χ0n) is 14.6. The van der Waals surface area contributed by atoms with Crippen LogP contribution < -0.4 is 10.6 Å². The minimum Gasteiger partial charge on any atom is -0.332 e. The fraction of sp³-hybridized carbons (Fsp3) is 0.278. The van der Waals surface area contributed by atoms with Crippen molar-refractivity contribution >= 4 is 28.7 Å². The van der Waals surface area contributed by atoms with Crippen LogP contribution in [0, 0.1) is 20.8 Å². The summed E-state index contributed by atoms with van der Waals surface area (Å²) in [5.41, 5.74) is 0.115. The summed E-state index contributed by atoms with van der Waals surface area (Å²) < 4.78 is 77.5. The fourth-order valence-corrected chi connectivity index (χ4v) is 2.90. The Kier molecular flexibility index (Phi) is 5.74. The van der Waals surface area contributed by atoms with Gasteiger partial charge in [-0.1, -0.05) is 17.7 Å². The molecule has 2 nitrogen and oxygen atoms in total. The van der Waals surface area contributed by atoms with Crippen molar-refractivity contribution in [2.45, 2.75) is 33.1 Å². The van der Waals surface area contributed by atoms with Gasteiger partial charge >= 0.3 is 12.4 Å². The number of hydrogen-bond donors (Lipinski definition) is 2. The highest BCUT2D eigenvalue weighted by Crippen LogP contribution is 2.37. The Hall–Kier alpha value is -2.29. The molecular formula is C18H16F6N2S. The van der Waals surface area contributed by atoms with Crippen LogP contribution >= 0.6 is 12.2 Å². The first-order valence-corrected chi connectivity index (χ1v) is 8.13. The van der Waals surface area contributed by atoms with E-state index in [0.29, 0.717) is 17.8 Å². The number of hydrogen-bond acceptors (Lipinski definition) is 1. The lowest BCUT2D eigenvalue weighted by Gasteiger charge is -2.18. The van der Waals surface area contributed by atoms with Gasteiger partial charge in [0.15, 0.2) is 5.11 Å². The van der Waals surface area contributed by atoms with E-state index in [1.54, 1.807) is 0 Å². The lowest BCUT2D eigenvalue weighted by molar-refractivity contribution is -0.143. The highest BCUT2D eigenvalue weighted by Gasteiger charge is 2.37. The highest BCUT2D eigenvalue weighted by molar-refractivity contribution is 7.80. The fourth-order valence-electron chi connectivity index (χ4n) is 2.68. The van der Waals surface area contributed by atoms with Crippen molar-refractivity contribution in [3.05, 3.63) is 58.1 Å². The third-order valence-corrected chi connectivity index (χ3v) is 3.97. The predicted molar refractivity (Wildman–Crippen MR) is 96.9 cm³/mol. The van der Waals surface area contributed by atoms with E-state index in [9.17, 15) is 26.3 Å². The van der Waals surface area contributed by atoms with Gasteiger partial charge in [-0.2, -0.15) is 26.3 Å². The van der Waals surface area contributed by atoms with Crippen molar-refractivity contribution in [3.8, 4) is 0 Å². The third-order valence-electron chi connectivity index (χ3n) is 3.76. The second-order valence-electron chi connectivity index (χ2n) is 6.15. The number of nitrogens with one attached hydrogen (secondary N) is 2. The van der Waals surface area contributed by atoms with Crippen molar-refractivity contribution in [2.24, 2.45) is 0 Å². The number of alkyl halides is 6. The second-order valence-corrected chi connectivity index (χ2v) is 6.56. The van der Waals surface area contributed by atoms with E-state index in [2.05, 4.69) is 10.6 Å². The van der Waals surface area contributed by atoms with E-state index in [0.717, 1.165) is 16.7 Å². The summed E-state index contributed by atoms with van der Waals surface area (Å²) in [5.74, 6) is 0. The van der Waals surface area contributed by atoms with Crippen LogP contribution in [0.25, 0.3) is 0 Å². The van der Waals surface area contributed by atoms with Gasteiger partial charge in [-0.3, -0.25) is 0 Å². The van der Waals surface area contributed by atoms with Gasteiger partial charge in [-0.15, -0.1) is 0 Å². The predicted octanol–water partition coefficient (Wildman–Crippen LogP) is 6.46. The molecule has 0 saturated carbocycles. The van der Waals surface area contributed by atoms with Gasteiger partial charge in [0.1, 0.15) is 0 Å². The summed E-state index contributed by atoms with van der Waals surface area (Å²) in [7, 11) is 0. The quantitative estimate of drug-likeness (QED) is 0.442. The smallest absolute Gasteiger partial charge is 0.332 e. The molecule has 0 aromatic heterocycles. The summed E-state index contributed by atoms with van der Waals surface area (Å²) >= 11 is 5.06.